The first-order valence-electron chi connectivity index (χ1n) is 12.7. The summed E-state index contributed by atoms with van der Waals surface area (Å²) in [6, 6.07) is 8.90. The third kappa shape index (κ3) is 5.95. The molecule has 9 nitrogen and oxygen atoms in total. The van der Waals surface area contributed by atoms with Gasteiger partial charge in [0.2, 0.25) is 5.91 Å². The van der Waals surface area contributed by atoms with Crippen LogP contribution in [0.2, 0.25) is 0 Å². The van der Waals surface area contributed by atoms with Crippen molar-refractivity contribution in [2.24, 2.45) is 5.41 Å². The number of ether oxygens (including phenoxy) is 1. The maximum atomic E-state index is 13.3. The maximum absolute atomic E-state index is 13.3. The van der Waals surface area contributed by atoms with Gasteiger partial charge < -0.3 is 24.8 Å². The normalized spacial score (nSPS) is 20.1. The van der Waals surface area contributed by atoms with Gasteiger partial charge in [0.25, 0.3) is 11.8 Å². The monoisotopic (exact) mass is 494 g/mol. The van der Waals surface area contributed by atoms with Crippen molar-refractivity contribution in [1.29, 1.82) is 0 Å². The molecule has 4 rings (SSSR count). The first-order valence-corrected chi connectivity index (χ1v) is 12.7. The molecule has 2 aliphatic rings. The van der Waals surface area contributed by atoms with Crippen LogP contribution >= 0.6 is 0 Å². The predicted octanol–water partition coefficient (Wildman–Crippen LogP) is 3.12. The molecule has 2 aliphatic heterocycles. The van der Waals surface area contributed by atoms with Crippen molar-refractivity contribution in [3.05, 3.63) is 59.5 Å². The number of para-hydroxylation sites is 1. The Bertz CT molecular complexity index is 1100. The highest BCUT2D eigenvalue weighted by atomic mass is 16.5. The summed E-state index contributed by atoms with van der Waals surface area (Å²) in [7, 11) is 0. The Balaban J connectivity index is 1.41. The van der Waals surface area contributed by atoms with Crippen LogP contribution in [-0.2, 0) is 11.2 Å². The molecule has 1 fully saturated rings. The summed E-state index contributed by atoms with van der Waals surface area (Å²) >= 11 is 0. The maximum Gasteiger partial charge on any atom is 0.276 e. The fourth-order valence-electron chi connectivity index (χ4n) is 4.62. The molecule has 0 radical (unpaired) electrons. The summed E-state index contributed by atoms with van der Waals surface area (Å²) in [5.74, 6) is 0.888. The van der Waals surface area contributed by atoms with Gasteiger partial charge in [-0.05, 0) is 44.2 Å². The molecule has 3 heterocycles. The molecule has 1 saturated heterocycles. The van der Waals surface area contributed by atoms with E-state index in [1.165, 1.54) is 0 Å². The number of likely N-dealkylation sites (tertiary alicyclic amines) is 1. The molecule has 9 heteroatoms. The zero-order valence-electron chi connectivity index (χ0n) is 20.8. The third-order valence-corrected chi connectivity index (χ3v) is 6.89. The molecule has 0 atom stereocenters. The lowest BCUT2D eigenvalue weighted by molar-refractivity contribution is -0.133. The number of hydrogen-bond donors (Lipinski definition) is 2. The Kier molecular flexibility index (Phi) is 8.40. The molecule has 1 spiro atoms. The highest BCUT2D eigenvalue weighted by molar-refractivity contribution is 5.97. The van der Waals surface area contributed by atoms with Gasteiger partial charge in [0.05, 0.1) is 17.6 Å². The highest BCUT2D eigenvalue weighted by Crippen LogP contribution is 2.36. The molecule has 1 aromatic carbocycles. The topological polar surface area (TPSA) is 114 Å². The van der Waals surface area contributed by atoms with E-state index in [4.69, 9.17) is 9.26 Å². The summed E-state index contributed by atoms with van der Waals surface area (Å²) in [4.78, 5) is 40.5. The Hall–Kier alpha value is -3.62. The van der Waals surface area contributed by atoms with E-state index in [1.807, 2.05) is 31.2 Å². The van der Waals surface area contributed by atoms with Crippen molar-refractivity contribution >= 4 is 17.7 Å². The van der Waals surface area contributed by atoms with Crippen molar-refractivity contribution in [2.45, 2.75) is 45.4 Å². The SMILES string of the molecule is CCc1cc(C(=O)N2CCC3(C/C=C/CCOc4ccccc4C(=O)NCCCNC3=O)CC2)no1. The number of allylic oxidation sites excluding steroid dienone is 1. The first-order chi connectivity index (χ1) is 17.5. The highest BCUT2D eigenvalue weighted by Gasteiger charge is 2.41. The first kappa shape index (κ1) is 25.5. The van der Waals surface area contributed by atoms with Gasteiger partial charge in [-0.3, -0.25) is 14.4 Å². The molecule has 1 aromatic heterocycles. The fourth-order valence-corrected chi connectivity index (χ4v) is 4.62. The van der Waals surface area contributed by atoms with E-state index in [2.05, 4.69) is 15.8 Å². The Labute approximate surface area is 211 Å². The number of amides is 3. The van der Waals surface area contributed by atoms with Crippen molar-refractivity contribution in [1.82, 2.24) is 20.7 Å². The standard InChI is InChI=1S/C27H34N4O5/c1-2-20-19-22(30-36-20)25(33)31-16-12-27(13-17-31)11-6-3-7-18-35-23-10-5-4-9-21(23)24(32)28-14-8-15-29-26(27)34/h3-6,9-10,19H,2,7-8,11-18H2,1H3,(H,28,32)(H,29,34)/b6-3+. The minimum Gasteiger partial charge on any atom is -0.492 e. The van der Waals surface area contributed by atoms with Gasteiger partial charge in [0, 0.05) is 38.7 Å². The molecule has 0 unspecified atom stereocenters. The fraction of sp³-hybridized carbons (Fsp3) is 0.481. The molecular weight excluding hydrogens is 460 g/mol. The van der Waals surface area contributed by atoms with E-state index >= 15 is 0 Å². The van der Waals surface area contributed by atoms with Gasteiger partial charge in [-0.25, -0.2) is 0 Å². The second kappa shape index (κ2) is 11.9. The van der Waals surface area contributed by atoms with Crippen LogP contribution in [0.4, 0.5) is 0 Å². The number of hydrogen-bond acceptors (Lipinski definition) is 6. The molecule has 2 aromatic rings. The number of carbonyl (C=O) groups excluding carboxylic acids is 3. The second-order valence-electron chi connectivity index (χ2n) is 9.28. The number of piperidine rings is 1. The molecule has 0 aliphatic carbocycles. The van der Waals surface area contributed by atoms with Gasteiger partial charge >= 0.3 is 0 Å². The number of fused-ring (bicyclic) bond motifs is 1. The minimum atomic E-state index is -0.584. The van der Waals surface area contributed by atoms with Gasteiger partial charge in [-0.2, -0.15) is 0 Å². The van der Waals surface area contributed by atoms with E-state index in [0.29, 0.717) is 94.1 Å². The van der Waals surface area contributed by atoms with Crippen LogP contribution < -0.4 is 15.4 Å². The average Bonchev–Trinajstić information content (AvgIpc) is 3.39. The predicted molar refractivity (Wildman–Crippen MR) is 134 cm³/mol. The lowest BCUT2D eigenvalue weighted by Gasteiger charge is -2.40. The van der Waals surface area contributed by atoms with Crippen molar-refractivity contribution < 1.29 is 23.6 Å². The zero-order chi connectivity index (χ0) is 25.4. The van der Waals surface area contributed by atoms with E-state index < -0.39 is 5.41 Å². The van der Waals surface area contributed by atoms with E-state index in [0.717, 1.165) is 0 Å². The quantitative estimate of drug-likeness (QED) is 0.620. The van der Waals surface area contributed by atoms with Crippen molar-refractivity contribution in [3.8, 4) is 5.75 Å². The Morgan fingerprint density at radius 1 is 1.11 bits per heavy atom. The molecule has 0 bridgehead atoms. The molecule has 192 valence electrons. The number of nitrogens with zero attached hydrogens (tertiary/aromatic N) is 2. The van der Waals surface area contributed by atoms with Crippen LogP contribution in [0.15, 0.2) is 47.0 Å². The van der Waals surface area contributed by atoms with Gasteiger partial charge in [0.15, 0.2) is 5.69 Å². The third-order valence-electron chi connectivity index (χ3n) is 6.89. The van der Waals surface area contributed by atoms with Crippen LogP contribution in [-0.4, -0.2) is 60.6 Å². The number of rotatable bonds is 2. The molecule has 0 saturated carbocycles. The smallest absolute Gasteiger partial charge is 0.276 e. The lowest BCUT2D eigenvalue weighted by atomic mass is 9.74. The second-order valence-corrected chi connectivity index (χ2v) is 9.28. The van der Waals surface area contributed by atoms with Crippen LogP contribution in [0.25, 0.3) is 0 Å². The molecule has 3 amide bonds. The van der Waals surface area contributed by atoms with Crippen molar-refractivity contribution in [2.75, 3.05) is 32.8 Å². The minimum absolute atomic E-state index is 0.00558. The summed E-state index contributed by atoms with van der Waals surface area (Å²) in [5.41, 5.74) is 0.239. The number of aromatic nitrogens is 1. The molecular formula is C27H34N4O5. The molecule has 2 N–H and O–H groups in total. The van der Waals surface area contributed by atoms with Crippen LogP contribution in [0.3, 0.4) is 0 Å². The number of benzene rings is 1. The summed E-state index contributed by atoms with van der Waals surface area (Å²) in [6.45, 7) is 4.24. The van der Waals surface area contributed by atoms with Crippen LogP contribution in [0, 0.1) is 5.41 Å². The van der Waals surface area contributed by atoms with Crippen LogP contribution in [0.5, 0.6) is 5.75 Å². The van der Waals surface area contributed by atoms with Gasteiger partial charge in [0.1, 0.15) is 11.5 Å². The van der Waals surface area contributed by atoms with Crippen molar-refractivity contribution in [3.63, 3.8) is 0 Å². The number of carbonyl (C=O) groups is 3. The van der Waals surface area contributed by atoms with Gasteiger partial charge in [-0.1, -0.05) is 36.4 Å². The van der Waals surface area contributed by atoms with E-state index in [9.17, 15) is 14.4 Å². The summed E-state index contributed by atoms with van der Waals surface area (Å²) < 4.78 is 11.0. The summed E-state index contributed by atoms with van der Waals surface area (Å²) in [5, 5.41) is 9.87. The largest absolute Gasteiger partial charge is 0.492 e. The average molecular weight is 495 g/mol. The molecule has 36 heavy (non-hydrogen) atoms. The summed E-state index contributed by atoms with van der Waals surface area (Å²) in [6.07, 6.45) is 7.73. The zero-order valence-corrected chi connectivity index (χ0v) is 20.8. The Morgan fingerprint density at radius 3 is 2.67 bits per heavy atom. The number of aryl methyl sites for hydroxylation is 1. The lowest BCUT2D eigenvalue weighted by Crippen LogP contribution is -2.50. The Morgan fingerprint density at radius 2 is 1.89 bits per heavy atom. The van der Waals surface area contributed by atoms with E-state index in [1.54, 1.807) is 23.1 Å². The van der Waals surface area contributed by atoms with E-state index in [-0.39, 0.29) is 17.7 Å². The van der Waals surface area contributed by atoms with Crippen LogP contribution in [0.1, 0.15) is 65.6 Å². The van der Waals surface area contributed by atoms with Gasteiger partial charge in [-0.15, -0.1) is 0 Å². The number of nitrogens with one attached hydrogen (secondary N) is 2.